The standard InChI is InChI=1S/C17H16F3N3O2/c1-23(2)16(25)12-9-7-11(8-10-12)15(24)22-21-14-6-4-3-5-13(14)17(18,19)20/h3-10,21H,1-2H3,(H,22,24). The van der Waals surface area contributed by atoms with Gasteiger partial charge in [-0.25, -0.2) is 0 Å². The molecule has 2 aromatic carbocycles. The van der Waals surface area contributed by atoms with Crippen molar-refractivity contribution in [3.05, 3.63) is 65.2 Å². The van der Waals surface area contributed by atoms with E-state index in [0.717, 1.165) is 6.07 Å². The molecule has 2 rings (SSSR count). The highest BCUT2D eigenvalue weighted by atomic mass is 19.4. The predicted octanol–water partition coefficient (Wildman–Crippen LogP) is 3.16. The number of benzene rings is 2. The van der Waals surface area contributed by atoms with E-state index in [1.165, 1.54) is 47.4 Å². The highest BCUT2D eigenvalue weighted by Crippen LogP contribution is 2.34. The molecule has 2 N–H and O–H groups in total. The number of alkyl halides is 3. The molecule has 0 unspecified atom stereocenters. The maximum Gasteiger partial charge on any atom is 0.418 e. The molecular weight excluding hydrogens is 335 g/mol. The maximum absolute atomic E-state index is 12.9. The van der Waals surface area contributed by atoms with Crippen molar-refractivity contribution < 1.29 is 22.8 Å². The molecule has 0 fully saturated rings. The first-order valence-corrected chi connectivity index (χ1v) is 7.24. The summed E-state index contributed by atoms with van der Waals surface area (Å²) in [4.78, 5) is 25.2. The third kappa shape index (κ3) is 4.50. The first-order chi connectivity index (χ1) is 11.7. The van der Waals surface area contributed by atoms with Gasteiger partial charge in [0, 0.05) is 25.2 Å². The molecule has 0 saturated carbocycles. The van der Waals surface area contributed by atoms with Crippen LogP contribution < -0.4 is 10.9 Å². The molecule has 132 valence electrons. The summed E-state index contributed by atoms with van der Waals surface area (Å²) < 4.78 is 38.7. The molecule has 0 aliphatic heterocycles. The third-order valence-electron chi connectivity index (χ3n) is 3.34. The van der Waals surface area contributed by atoms with Crippen LogP contribution in [0.1, 0.15) is 26.3 Å². The Morgan fingerprint density at radius 1 is 0.920 bits per heavy atom. The van der Waals surface area contributed by atoms with Gasteiger partial charge in [0.15, 0.2) is 0 Å². The lowest BCUT2D eigenvalue weighted by molar-refractivity contribution is -0.137. The Labute approximate surface area is 142 Å². The van der Waals surface area contributed by atoms with E-state index in [0.29, 0.717) is 5.56 Å². The minimum Gasteiger partial charge on any atom is -0.345 e. The van der Waals surface area contributed by atoms with Gasteiger partial charge in [-0.05, 0) is 36.4 Å². The van der Waals surface area contributed by atoms with E-state index in [2.05, 4.69) is 10.9 Å². The van der Waals surface area contributed by atoms with E-state index < -0.39 is 17.6 Å². The highest BCUT2D eigenvalue weighted by molar-refractivity contribution is 5.98. The van der Waals surface area contributed by atoms with Gasteiger partial charge in [0.25, 0.3) is 11.8 Å². The van der Waals surface area contributed by atoms with Crippen LogP contribution in [0.4, 0.5) is 18.9 Å². The van der Waals surface area contributed by atoms with E-state index in [1.54, 1.807) is 14.1 Å². The number of nitrogens with one attached hydrogen (secondary N) is 2. The molecule has 0 atom stereocenters. The topological polar surface area (TPSA) is 61.4 Å². The monoisotopic (exact) mass is 351 g/mol. The minimum absolute atomic E-state index is 0.201. The van der Waals surface area contributed by atoms with E-state index in [-0.39, 0.29) is 17.2 Å². The SMILES string of the molecule is CN(C)C(=O)c1ccc(C(=O)NNc2ccccc2C(F)(F)F)cc1. The van der Waals surface area contributed by atoms with Gasteiger partial charge in [-0.3, -0.25) is 20.4 Å². The summed E-state index contributed by atoms with van der Waals surface area (Å²) in [6.45, 7) is 0. The number of carbonyl (C=O) groups excluding carboxylic acids is 2. The molecule has 8 heteroatoms. The lowest BCUT2D eigenvalue weighted by atomic mass is 10.1. The molecule has 2 aromatic rings. The Balaban J connectivity index is 2.08. The zero-order chi connectivity index (χ0) is 18.6. The van der Waals surface area contributed by atoms with E-state index in [9.17, 15) is 22.8 Å². The Hall–Kier alpha value is -3.03. The Morgan fingerprint density at radius 3 is 2.04 bits per heavy atom. The summed E-state index contributed by atoms with van der Waals surface area (Å²) in [6.07, 6.45) is -4.54. The molecule has 0 heterocycles. The fourth-order valence-corrected chi connectivity index (χ4v) is 2.06. The van der Waals surface area contributed by atoms with Crippen LogP contribution in [0.15, 0.2) is 48.5 Å². The molecule has 0 aromatic heterocycles. The Morgan fingerprint density at radius 2 is 1.48 bits per heavy atom. The second-order valence-electron chi connectivity index (χ2n) is 5.40. The van der Waals surface area contributed by atoms with Gasteiger partial charge in [-0.15, -0.1) is 0 Å². The zero-order valence-corrected chi connectivity index (χ0v) is 13.5. The number of rotatable bonds is 4. The number of hydrogen-bond acceptors (Lipinski definition) is 3. The Bertz CT molecular complexity index is 771. The second-order valence-corrected chi connectivity index (χ2v) is 5.40. The van der Waals surface area contributed by atoms with Crippen molar-refractivity contribution in [1.29, 1.82) is 0 Å². The predicted molar refractivity (Wildman–Crippen MR) is 87.0 cm³/mol. The van der Waals surface area contributed by atoms with Crippen LogP contribution in [0.2, 0.25) is 0 Å². The van der Waals surface area contributed by atoms with Crippen LogP contribution in [-0.2, 0) is 6.18 Å². The number of halogens is 3. The van der Waals surface area contributed by atoms with E-state index >= 15 is 0 Å². The average molecular weight is 351 g/mol. The number of carbonyl (C=O) groups is 2. The van der Waals surface area contributed by atoms with E-state index in [4.69, 9.17) is 0 Å². The summed E-state index contributed by atoms with van der Waals surface area (Å²) in [7, 11) is 3.20. The van der Waals surface area contributed by atoms with Crippen molar-refractivity contribution in [1.82, 2.24) is 10.3 Å². The lowest BCUT2D eigenvalue weighted by Crippen LogP contribution is -2.30. The van der Waals surface area contributed by atoms with Gasteiger partial charge < -0.3 is 4.90 Å². The molecule has 0 spiro atoms. The molecule has 0 saturated heterocycles. The molecular formula is C17H16F3N3O2. The van der Waals surface area contributed by atoms with Crippen LogP contribution >= 0.6 is 0 Å². The second kappa shape index (κ2) is 7.25. The normalized spacial score (nSPS) is 10.9. The van der Waals surface area contributed by atoms with Crippen LogP contribution in [0, 0.1) is 0 Å². The zero-order valence-electron chi connectivity index (χ0n) is 13.5. The third-order valence-corrected chi connectivity index (χ3v) is 3.34. The molecule has 0 aliphatic carbocycles. The van der Waals surface area contributed by atoms with Crippen LogP contribution in [0.25, 0.3) is 0 Å². The summed E-state index contributed by atoms with van der Waals surface area (Å²) in [5.74, 6) is -0.843. The Kier molecular flexibility index (Phi) is 5.31. The van der Waals surface area contributed by atoms with Gasteiger partial charge in [0.05, 0.1) is 11.3 Å². The maximum atomic E-state index is 12.9. The summed E-state index contributed by atoms with van der Waals surface area (Å²) in [5, 5.41) is 0. The fourth-order valence-electron chi connectivity index (χ4n) is 2.06. The average Bonchev–Trinajstić information content (AvgIpc) is 2.58. The minimum atomic E-state index is -4.54. The van der Waals surface area contributed by atoms with Crippen LogP contribution in [-0.4, -0.2) is 30.8 Å². The van der Waals surface area contributed by atoms with Crippen molar-refractivity contribution in [3.63, 3.8) is 0 Å². The summed E-state index contributed by atoms with van der Waals surface area (Å²) in [5.41, 5.74) is 3.95. The first-order valence-electron chi connectivity index (χ1n) is 7.24. The number of amides is 2. The fraction of sp³-hybridized carbons (Fsp3) is 0.176. The first kappa shape index (κ1) is 18.3. The van der Waals surface area contributed by atoms with E-state index in [1.807, 2.05) is 0 Å². The van der Waals surface area contributed by atoms with Gasteiger partial charge in [-0.1, -0.05) is 12.1 Å². The molecule has 25 heavy (non-hydrogen) atoms. The van der Waals surface area contributed by atoms with Gasteiger partial charge in [-0.2, -0.15) is 13.2 Å². The number of anilines is 1. The number of hydrogen-bond donors (Lipinski definition) is 2. The number of para-hydroxylation sites is 1. The molecule has 2 amide bonds. The van der Waals surface area contributed by atoms with Gasteiger partial charge in [0.1, 0.15) is 0 Å². The smallest absolute Gasteiger partial charge is 0.345 e. The molecule has 5 nitrogen and oxygen atoms in total. The molecule has 0 aliphatic rings. The number of hydrazine groups is 1. The summed E-state index contributed by atoms with van der Waals surface area (Å²) >= 11 is 0. The highest BCUT2D eigenvalue weighted by Gasteiger charge is 2.33. The van der Waals surface area contributed by atoms with Crippen LogP contribution in [0.5, 0.6) is 0 Å². The summed E-state index contributed by atoms with van der Waals surface area (Å²) in [6, 6.07) is 10.6. The van der Waals surface area contributed by atoms with Crippen LogP contribution in [0.3, 0.4) is 0 Å². The van der Waals surface area contributed by atoms with Crippen molar-refractivity contribution in [2.45, 2.75) is 6.18 Å². The van der Waals surface area contributed by atoms with Gasteiger partial charge >= 0.3 is 6.18 Å². The van der Waals surface area contributed by atoms with Crippen molar-refractivity contribution >= 4 is 17.5 Å². The van der Waals surface area contributed by atoms with Crippen molar-refractivity contribution in [2.24, 2.45) is 0 Å². The van der Waals surface area contributed by atoms with Gasteiger partial charge in [0.2, 0.25) is 0 Å². The molecule has 0 radical (unpaired) electrons. The molecule has 0 bridgehead atoms. The van der Waals surface area contributed by atoms with Crippen molar-refractivity contribution in [3.8, 4) is 0 Å². The quantitative estimate of drug-likeness (QED) is 0.832. The van der Waals surface area contributed by atoms with Crippen molar-refractivity contribution in [2.75, 3.05) is 19.5 Å². The number of nitrogens with zero attached hydrogens (tertiary/aromatic N) is 1. The lowest BCUT2D eigenvalue weighted by Gasteiger charge is -2.15. The largest absolute Gasteiger partial charge is 0.418 e.